The number of hydrogen-bond acceptors (Lipinski definition) is 5. The summed E-state index contributed by atoms with van der Waals surface area (Å²) < 4.78 is 0. The molecule has 104 valence electrons. The third kappa shape index (κ3) is 4.39. The fourth-order valence-electron chi connectivity index (χ4n) is 2.35. The molecule has 1 heterocycles. The van der Waals surface area contributed by atoms with Crippen molar-refractivity contribution in [1.29, 1.82) is 0 Å². The van der Waals surface area contributed by atoms with Crippen LogP contribution in [0.3, 0.4) is 0 Å². The van der Waals surface area contributed by atoms with Crippen molar-refractivity contribution < 1.29 is 9.90 Å². The highest BCUT2D eigenvalue weighted by Gasteiger charge is 2.15. The van der Waals surface area contributed by atoms with Crippen molar-refractivity contribution in [3.63, 3.8) is 0 Å². The van der Waals surface area contributed by atoms with Gasteiger partial charge >= 0.3 is 5.97 Å². The summed E-state index contributed by atoms with van der Waals surface area (Å²) in [6.07, 6.45) is 10.5. The maximum absolute atomic E-state index is 10.6. The lowest BCUT2D eigenvalue weighted by Gasteiger charge is -2.18. The minimum absolute atomic E-state index is 0.155. The third-order valence-corrected chi connectivity index (χ3v) is 3.30. The second kappa shape index (κ2) is 6.92. The summed E-state index contributed by atoms with van der Waals surface area (Å²) in [5.41, 5.74) is 0. The van der Waals surface area contributed by atoms with Crippen molar-refractivity contribution in [1.82, 2.24) is 9.97 Å². The summed E-state index contributed by atoms with van der Waals surface area (Å²) in [6, 6.07) is 0.407. The smallest absolute Gasteiger partial charge is 0.322 e. The van der Waals surface area contributed by atoms with Crippen LogP contribution in [0.25, 0.3) is 0 Å². The van der Waals surface area contributed by atoms with E-state index in [1.165, 1.54) is 25.7 Å². The largest absolute Gasteiger partial charge is 0.480 e. The van der Waals surface area contributed by atoms with E-state index in [0.717, 1.165) is 12.8 Å². The van der Waals surface area contributed by atoms with Crippen molar-refractivity contribution in [2.45, 2.75) is 44.6 Å². The van der Waals surface area contributed by atoms with Gasteiger partial charge in [-0.05, 0) is 12.8 Å². The van der Waals surface area contributed by atoms with Crippen LogP contribution >= 0.6 is 0 Å². The number of aromatic nitrogens is 2. The predicted octanol–water partition coefficient (Wildman–Crippen LogP) is 2.11. The Bertz CT molecular complexity index is 417. The van der Waals surface area contributed by atoms with Gasteiger partial charge in [-0.3, -0.25) is 4.79 Å². The molecule has 0 amide bonds. The Balaban J connectivity index is 1.99. The molecule has 0 unspecified atom stereocenters. The van der Waals surface area contributed by atoms with Crippen LogP contribution in [0.5, 0.6) is 0 Å². The van der Waals surface area contributed by atoms with Crippen LogP contribution in [0.1, 0.15) is 38.5 Å². The number of aliphatic carboxylic acids is 1. The van der Waals surface area contributed by atoms with Gasteiger partial charge in [0.15, 0.2) is 11.6 Å². The summed E-state index contributed by atoms with van der Waals surface area (Å²) in [4.78, 5) is 19.0. The molecule has 1 aliphatic rings. The van der Waals surface area contributed by atoms with E-state index >= 15 is 0 Å². The van der Waals surface area contributed by atoms with Crippen LogP contribution in [0.2, 0.25) is 0 Å². The molecular weight excluding hydrogens is 244 g/mol. The van der Waals surface area contributed by atoms with Gasteiger partial charge in [0.1, 0.15) is 6.54 Å². The molecule has 0 bridgehead atoms. The maximum atomic E-state index is 10.6. The summed E-state index contributed by atoms with van der Waals surface area (Å²) >= 11 is 0. The Labute approximate surface area is 112 Å². The van der Waals surface area contributed by atoms with Crippen molar-refractivity contribution in [2.24, 2.45) is 0 Å². The van der Waals surface area contributed by atoms with Crippen molar-refractivity contribution in [3.8, 4) is 0 Å². The van der Waals surface area contributed by atoms with Crippen LogP contribution in [0.4, 0.5) is 11.6 Å². The molecule has 0 atom stereocenters. The second-order valence-electron chi connectivity index (χ2n) is 4.83. The van der Waals surface area contributed by atoms with Crippen LogP contribution in [-0.4, -0.2) is 33.6 Å². The molecule has 6 nitrogen and oxygen atoms in total. The lowest BCUT2D eigenvalue weighted by Crippen LogP contribution is -2.21. The highest BCUT2D eigenvalue weighted by Crippen LogP contribution is 2.22. The maximum Gasteiger partial charge on any atom is 0.322 e. The molecule has 1 aromatic rings. The number of carboxylic acids is 1. The summed E-state index contributed by atoms with van der Waals surface area (Å²) in [7, 11) is 0. The van der Waals surface area contributed by atoms with E-state index in [4.69, 9.17) is 5.11 Å². The molecule has 1 saturated carbocycles. The van der Waals surface area contributed by atoms with E-state index in [-0.39, 0.29) is 6.54 Å². The highest BCUT2D eigenvalue weighted by atomic mass is 16.4. The van der Waals surface area contributed by atoms with Crippen molar-refractivity contribution in [2.75, 3.05) is 17.2 Å². The molecule has 0 saturated heterocycles. The summed E-state index contributed by atoms with van der Waals surface area (Å²) in [5, 5.41) is 14.9. The first-order valence-corrected chi connectivity index (χ1v) is 6.79. The van der Waals surface area contributed by atoms with Gasteiger partial charge in [0.25, 0.3) is 0 Å². The number of anilines is 2. The molecule has 0 aromatic carbocycles. The van der Waals surface area contributed by atoms with Gasteiger partial charge in [0.05, 0.1) is 0 Å². The van der Waals surface area contributed by atoms with Gasteiger partial charge in [-0.2, -0.15) is 0 Å². The van der Waals surface area contributed by atoms with Crippen LogP contribution in [0.15, 0.2) is 12.4 Å². The zero-order valence-corrected chi connectivity index (χ0v) is 10.9. The molecule has 2 rings (SSSR count). The summed E-state index contributed by atoms with van der Waals surface area (Å²) in [5.74, 6) is 0.246. The fourth-order valence-corrected chi connectivity index (χ4v) is 2.35. The minimum atomic E-state index is -0.911. The average Bonchev–Trinajstić information content (AvgIpc) is 2.66. The van der Waals surface area contributed by atoms with E-state index in [1.54, 1.807) is 12.4 Å². The van der Waals surface area contributed by atoms with E-state index in [2.05, 4.69) is 20.6 Å². The topological polar surface area (TPSA) is 87.1 Å². The first kappa shape index (κ1) is 13.6. The molecule has 6 heteroatoms. The molecule has 1 aliphatic carbocycles. The Morgan fingerprint density at radius 1 is 1.16 bits per heavy atom. The number of carboxylic acid groups (broad SMARTS) is 1. The highest BCUT2D eigenvalue weighted by molar-refractivity contribution is 5.74. The van der Waals surface area contributed by atoms with Gasteiger partial charge in [-0.25, -0.2) is 9.97 Å². The van der Waals surface area contributed by atoms with E-state index in [1.807, 2.05) is 0 Å². The van der Waals surface area contributed by atoms with Gasteiger partial charge in [0.2, 0.25) is 0 Å². The van der Waals surface area contributed by atoms with Gasteiger partial charge in [-0.1, -0.05) is 25.7 Å². The summed E-state index contributed by atoms with van der Waals surface area (Å²) in [6.45, 7) is -0.155. The standard InChI is InChI=1S/C13H20N4O2/c18-11(19)9-16-12-13(15-8-7-14-12)17-10-5-3-1-2-4-6-10/h7-8,10H,1-6,9H2,(H,14,16)(H,15,17)(H,18,19). The Kier molecular flexibility index (Phi) is 4.94. The van der Waals surface area contributed by atoms with E-state index < -0.39 is 5.97 Å². The molecule has 0 radical (unpaired) electrons. The quantitative estimate of drug-likeness (QED) is 0.706. The molecule has 1 fully saturated rings. The first-order chi connectivity index (χ1) is 9.25. The Hall–Kier alpha value is -1.85. The normalized spacial score (nSPS) is 16.6. The van der Waals surface area contributed by atoms with Crippen LogP contribution < -0.4 is 10.6 Å². The zero-order valence-electron chi connectivity index (χ0n) is 10.9. The number of hydrogen-bond donors (Lipinski definition) is 3. The fraction of sp³-hybridized carbons (Fsp3) is 0.615. The number of carbonyl (C=O) groups is 1. The molecule has 19 heavy (non-hydrogen) atoms. The molecule has 0 spiro atoms. The molecule has 0 aliphatic heterocycles. The SMILES string of the molecule is O=C(O)CNc1nccnc1NC1CCCCCC1. The number of nitrogens with zero attached hydrogens (tertiary/aromatic N) is 2. The molecular formula is C13H20N4O2. The van der Waals surface area contributed by atoms with E-state index in [9.17, 15) is 4.79 Å². The first-order valence-electron chi connectivity index (χ1n) is 6.79. The average molecular weight is 264 g/mol. The molecule has 3 N–H and O–H groups in total. The lowest BCUT2D eigenvalue weighted by atomic mass is 10.1. The van der Waals surface area contributed by atoms with Gasteiger partial charge < -0.3 is 15.7 Å². The van der Waals surface area contributed by atoms with Crippen LogP contribution in [-0.2, 0) is 4.79 Å². The van der Waals surface area contributed by atoms with Gasteiger partial charge in [-0.15, -0.1) is 0 Å². The number of nitrogens with one attached hydrogen (secondary N) is 2. The van der Waals surface area contributed by atoms with Crippen molar-refractivity contribution in [3.05, 3.63) is 12.4 Å². The zero-order chi connectivity index (χ0) is 13.5. The Morgan fingerprint density at radius 2 is 1.79 bits per heavy atom. The molecule has 1 aromatic heterocycles. The second-order valence-corrected chi connectivity index (χ2v) is 4.83. The third-order valence-electron chi connectivity index (χ3n) is 3.30. The lowest BCUT2D eigenvalue weighted by molar-refractivity contribution is -0.134. The Morgan fingerprint density at radius 3 is 2.42 bits per heavy atom. The van der Waals surface area contributed by atoms with Crippen LogP contribution in [0, 0.1) is 0 Å². The minimum Gasteiger partial charge on any atom is -0.480 e. The van der Waals surface area contributed by atoms with Gasteiger partial charge in [0, 0.05) is 18.4 Å². The monoisotopic (exact) mass is 264 g/mol. The predicted molar refractivity (Wildman–Crippen MR) is 73.3 cm³/mol. The number of rotatable bonds is 5. The van der Waals surface area contributed by atoms with Crippen molar-refractivity contribution >= 4 is 17.6 Å². The van der Waals surface area contributed by atoms with E-state index in [0.29, 0.717) is 17.7 Å².